The molecule has 2 rings (SSSR count). The summed E-state index contributed by atoms with van der Waals surface area (Å²) >= 11 is 0. The summed E-state index contributed by atoms with van der Waals surface area (Å²) in [6.45, 7) is 0. The van der Waals surface area contributed by atoms with Crippen molar-refractivity contribution in [1.82, 2.24) is 4.98 Å². The number of carboxylic acids is 1. The summed E-state index contributed by atoms with van der Waals surface area (Å²) in [6, 6.07) is 10.9. The van der Waals surface area contributed by atoms with Gasteiger partial charge in [-0.1, -0.05) is 18.2 Å². The molecule has 0 radical (unpaired) electrons. The zero-order valence-corrected chi connectivity index (χ0v) is 9.13. The number of nitrogen functional groups attached to an aromatic ring is 1. The van der Waals surface area contributed by atoms with Crippen LogP contribution in [0.4, 0.5) is 5.69 Å². The number of pyridine rings is 1. The first kappa shape index (κ1) is 11.1. The lowest BCUT2D eigenvalue weighted by Crippen LogP contribution is -2.00. The van der Waals surface area contributed by atoms with Crippen molar-refractivity contribution in [3.63, 3.8) is 0 Å². The second kappa shape index (κ2) is 4.65. The molecule has 0 aliphatic rings. The van der Waals surface area contributed by atoms with Gasteiger partial charge < -0.3 is 10.8 Å². The molecular weight excluding hydrogens is 216 g/mol. The summed E-state index contributed by atoms with van der Waals surface area (Å²) in [6.07, 6.45) is 2.30. The molecular formula is C13H12N2O2. The van der Waals surface area contributed by atoms with Crippen LogP contribution in [0.3, 0.4) is 0 Å². The lowest BCUT2D eigenvalue weighted by Gasteiger charge is -2.02. The van der Waals surface area contributed by atoms with Gasteiger partial charge in [-0.25, -0.2) is 9.78 Å². The molecule has 4 nitrogen and oxygen atoms in total. The van der Waals surface area contributed by atoms with Gasteiger partial charge in [0.05, 0.1) is 0 Å². The number of aromatic carboxylic acids is 1. The molecule has 0 aliphatic heterocycles. The summed E-state index contributed by atoms with van der Waals surface area (Å²) < 4.78 is 0. The zero-order valence-electron chi connectivity index (χ0n) is 9.13. The molecule has 0 aliphatic carbocycles. The maximum Gasteiger partial charge on any atom is 0.354 e. The van der Waals surface area contributed by atoms with Crippen LogP contribution in [0, 0.1) is 0 Å². The van der Waals surface area contributed by atoms with Gasteiger partial charge in [0.1, 0.15) is 5.69 Å². The van der Waals surface area contributed by atoms with Crippen molar-refractivity contribution in [3.8, 4) is 0 Å². The van der Waals surface area contributed by atoms with Crippen molar-refractivity contribution < 1.29 is 9.90 Å². The second-order valence-corrected chi connectivity index (χ2v) is 3.78. The number of hydrogen-bond acceptors (Lipinski definition) is 3. The second-order valence-electron chi connectivity index (χ2n) is 3.78. The van der Waals surface area contributed by atoms with E-state index in [1.165, 1.54) is 6.07 Å². The smallest absolute Gasteiger partial charge is 0.354 e. The molecule has 1 aromatic carbocycles. The molecule has 4 heteroatoms. The Balaban J connectivity index is 2.13. The minimum absolute atomic E-state index is 0.0612. The van der Waals surface area contributed by atoms with Gasteiger partial charge in [-0.3, -0.25) is 0 Å². The Morgan fingerprint density at radius 2 is 1.76 bits per heavy atom. The highest BCUT2D eigenvalue weighted by molar-refractivity contribution is 5.85. The predicted octanol–water partition coefficient (Wildman–Crippen LogP) is 1.95. The number of benzene rings is 1. The molecule has 0 amide bonds. The van der Waals surface area contributed by atoms with E-state index in [-0.39, 0.29) is 5.69 Å². The average molecular weight is 228 g/mol. The molecule has 0 unspecified atom stereocenters. The van der Waals surface area contributed by atoms with Crippen LogP contribution in [0.15, 0.2) is 42.6 Å². The molecule has 0 saturated heterocycles. The standard InChI is InChI=1S/C13H12N2O2/c14-11-4-1-9(2-5-11)7-10-3-6-12(13(16)17)15-8-10/h1-6,8H,7,14H2,(H,16,17). The predicted molar refractivity (Wildman–Crippen MR) is 64.9 cm³/mol. The Morgan fingerprint density at radius 3 is 2.29 bits per heavy atom. The first-order valence-corrected chi connectivity index (χ1v) is 5.18. The fourth-order valence-electron chi connectivity index (χ4n) is 1.53. The summed E-state index contributed by atoms with van der Waals surface area (Å²) in [5, 5.41) is 8.72. The normalized spacial score (nSPS) is 10.1. The maximum atomic E-state index is 10.6. The van der Waals surface area contributed by atoms with Crippen LogP contribution in [0.1, 0.15) is 21.6 Å². The van der Waals surface area contributed by atoms with E-state index in [0.717, 1.165) is 16.8 Å². The van der Waals surface area contributed by atoms with Crippen molar-refractivity contribution in [1.29, 1.82) is 0 Å². The summed E-state index contributed by atoms with van der Waals surface area (Å²) in [5.74, 6) is -1.01. The topological polar surface area (TPSA) is 76.2 Å². The number of carboxylic acid groups (broad SMARTS) is 1. The lowest BCUT2D eigenvalue weighted by molar-refractivity contribution is 0.0690. The van der Waals surface area contributed by atoms with E-state index in [2.05, 4.69) is 4.98 Å². The summed E-state index contributed by atoms with van der Waals surface area (Å²) in [4.78, 5) is 14.5. The maximum absolute atomic E-state index is 10.6. The molecule has 17 heavy (non-hydrogen) atoms. The molecule has 0 bridgehead atoms. The number of hydrogen-bond donors (Lipinski definition) is 2. The Morgan fingerprint density at radius 1 is 1.12 bits per heavy atom. The van der Waals surface area contributed by atoms with Crippen molar-refractivity contribution in [2.45, 2.75) is 6.42 Å². The monoisotopic (exact) mass is 228 g/mol. The van der Waals surface area contributed by atoms with Crippen LogP contribution < -0.4 is 5.73 Å². The SMILES string of the molecule is Nc1ccc(Cc2ccc(C(=O)O)nc2)cc1. The zero-order chi connectivity index (χ0) is 12.3. The van der Waals surface area contributed by atoms with Gasteiger partial charge in [0.2, 0.25) is 0 Å². The quantitative estimate of drug-likeness (QED) is 0.787. The van der Waals surface area contributed by atoms with Crippen LogP contribution in [-0.4, -0.2) is 16.1 Å². The van der Waals surface area contributed by atoms with Gasteiger partial charge in [0, 0.05) is 11.9 Å². The first-order valence-electron chi connectivity index (χ1n) is 5.18. The van der Waals surface area contributed by atoms with E-state index in [4.69, 9.17) is 10.8 Å². The Bertz CT molecular complexity index is 518. The third kappa shape index (κ3) is 2.81. The van der Waals surface area contributed by atoms with Crippen LogP contribution in [0.2, 0.25) is 0 Å². The number of nitrogens with two attached hydrogens (primary N) is 1. The number of carbonyl (C=O) groups is 1. The van der Waals surface area contributed by atoms with Crippen LogP contribution >= 0.6 is 0 Å². The summed E-state index contributed by atoms with van der Waals surface area (Å²) in [7, 11) is 0. The van der Waals surface area contributed by atoms with Gasteiger partial charge >= 0.3 is 5.97 Å². The minimum Gasteiger partial charge on any atom is -0.477 e. The van der Waals surface area contributed by atoms with E-state index in [0.29, 0.717) is 6.42 Å². The number of aromatic nitrogens is 1. The van der Waals surface area contributed by atoms with Crippen molar-refractivity contribution in [2.75, 3.05) is 5.73 Å². The molecule has 3 N–H and O–H groups in total. The number of anilines is 1. The lowest BCUT2D eigenvalue weighted by atomic mass is 10.1. The third-order valence-electron chi connectivity index (χ3n) is 2.43. The van der Waals surface area contributed by atoms with E-state index < -0.39 is 5.97 Å². The number of nitrogens with zero attached hydrogens (tertiary/aromatic N) is 1. The molecule has 1 aromatic heterocycles. The fourth-order valence-corrected chi connectivity index (χ4v) is 1.53. The highest BCUT2D eigenvalue weighted by atomic mass is 16.4. The van der Waals surface area contributed by atoms with Gasteiger partial charge in [-0.2, -0.15) is 0 Å². The number of rotatable bonds is 3. The Labute approximate surface area is 98.7 Å². The van der Waals surface area contributed by atoms with Gasteiger partial charge in [0.25, 0.3) is 0 Å². The third-order valence-corrected chi connectivity index (χ3v) is 2.43. The van der Waals surface area contributed by atoms with Gasteiger partial charge in [0.15, 0.2) is 0 Å². The van der Waals surface area contributed by atoms with Crippen LogP contribution in [0.25, 0.3) is 0 Å². The fraction of sp³-hybridized carbons (Fsp3) is 0.0769. The van der Waals surface area contributed by atoms with E-state index in [9.17, 15) is 4.79 Å². The molecule has 0 saturated carbocycles. The molecule has 86 valence electrons. The van der Waals surface area contributed by atoms with E-state index in [1.54, 1.807) is 12.3 Å². The molecule has 0 spiro atoms. The summed E-state index contributed by atoms with van der Waals surface area (Å²) in [5.41, 5.74) is 8.47. The van der Waals surface area contributed by atoms with Crippen molar-refractivity contribution in [2.24, 2.45) is 0 Å². The van der Waals surface area contributed by atoms with E-state index >= 15 is 0 Å². The highest BCUT2D eigenvalue weighted by Gasteiger charge is 2.03. The highest BCUT2D eigenvalue weighted by Crippen LogP contribution is 2.11. The van der Waals surface area contributed by atoms with E-state index in [1.807, 2.05) is 24.3 Å². The molecule has 0 atom stereocenters. The molecule has 1 heterocycles. The average Bonchev–Trinajstić information content (AvgIpc) is 2.33. The first-order chi connectivity index (χ1) is 8.15. The molecule has 2 aromatic rings. The van der Waals surface area contributed by atoms with Crippen LogP contribution in [-0.2, 0) is 6.42 Å². The van der Waals surface area contributed by atoms with Crippen molar-refractivity contribution >= 4 is 11.7 Å². The Kier molecular flexibility index (Phi) is 3.05. The minimum atomic E-state index is -1.01. The largest absolute Gasteiger partial charge is 0.477 e. The van der Waals surface area contributed by atoms with Crippen LogP contribution in [0.5, 0.6) is 0 Å². The Hall–Kier alpha value is -2.36. The van der Waals surface area contributed by atoms with Gasteiger partial charge in [-0.15, -0.1) is 0 Å². The molecule has 0 fully saturated rings. The van der Waals surface area contributed by atoms with Crippen molar-refractivity contribution in [3.05, 3.63) is 59.4 Å². The van der Waals surface area contributed by atoms with Gasteiger partial charge in [-0.05, 0) is 35.7 Å².